The summed E-state index contributed by atoms with van der Waals surface area (Å²) in [5.41, 5.74) is 2.98. The Kier molecular flexibility index (Phi) is 2.40. The van der Waals surface area contributed by atoms with Gasteiger partial charge in [-0.05, 0) is 30.5 Å². The Morgan fingerprint density at radius 1 is 1.06 bits per heavy atom. The van der Waals surface area contributed by atoms with E-state index in [9.17, 15) is 0 Å². The molecule has 1 N–H and O–H groups in total. The lowest BCUT2D eigenvalue weighted by atomic mass is 9.78. The smallest absolute Gasteiger partial charge is 0.0681 e. The number of hydrogen-bond acceptors (Lipinski definition) is 2. The van der Waals surface area contributed by atoms with Crippen LogP contribution in [0.5, 0.6) is 0 Å². The van der Waals surface area contributed by atoms with Gasteiger partial charge in [0.25, 0.3) is 0 Å². The molecule has 0 amide bonds. The average molecular weight is 217 g/mol. The fraction of sp³-hybridized carbons (Fsp3) is 0.571. The van der Waals surface area contributed by atoms with Crippen molar-refractivity contribution in [1.29, 1.82) is 0 Å². The SMILES string of the molecule is OCc1ccc(N2CC3(CCCC3)C2)cc1. The first-order valence-electron chi connectivity index (χ1n) is 6.26. The van der Waals surface area contributed by atoms with E-state index in [4.69, 9.17) is 5.11 Å². The molecule has 16 heavy (non-hydrogen) atoms. The van der Waals surface area contributed by atoms with Crippen LogP contribution < -0.4 is 4.90 Å². The highest BCUT2D eigenvalue weighted by atomic mass is 16.3. The van der Waals surface area contributed by atoms with Crippen molar-refractivity contribution in [3.63, 3.8) is 0 Å². The summed E-state index contributed by atoms with van der Waals surface area (Å²) in [7, 11) is 0. The second kappa shape index (κ2) is 3.77. The highest BCUT2D eigenvalue weighted by Crippen LogP contribution is 2.46. The third-order valence-corrected chi connectivity index (χ3v) is 4.20. The van der Waals surface area contributed by atoms with Gasteiger partial charge < -0.3 is 10.0 Å². The number of nitrogens with zero attached hydrogens (tertiary/aromatic N) is 1. The lowest BCUT2D eigenvalue weighted by molar-refractivity contribution is 0.222. The molecular weight excluding hydrogens is 198 g/mol. The molecule has 1 spiro atoms. The van der Waals surface area contributed by atoms with Crippen molar-refractivity contribution in [3.8, 4) is 0 Å². The van der Waals surface area contributed by atoms with Gasteiger partial charge in [-0.1, -0.05) is 25.0 Å². The van der Waals surface area contributed by atoms with Crippen LogP contribution in [0.2, 0.25) is 0 Å². The van der Waals surface area contributed by atoms with E-state index in [1.54, 1.807) is 0 Å². The Morgan fingerprint density at radius 2 is 1.69 bits per heavy atom. The fourth-order valence-electron chi connectivity index (χ4n) is 3.20. The summed E-state index contributed by atoms with van der Waals surface area (Å²) in [6, 6.07) is 8.31. The highest BCUT2D eigenvalue weighted by Gasteiger charge is 2.44. The molecule has 2 fully saturated rings. The predicted molar refractivity (Wildman–Crippen MR) is 65.5 cm³/mol. The molecule has 1 aromatic rings. The van der Waals surface area contributed by atoms with E-state index in [1.807, 2.05) is 12.1 Å². The first-order valence-corrected chi connectivity index (χ1v) is 6.26. The lowest BCUT2D eigenvalue weighted by Crippen LogP contribution is -2.55. The molecule has 2 heteroatoms. The van der Waals surface area contributed by atoms with E-state index in [0.29, 0.717) is 5.41 Å². The van der Waals surface area contributed by atoms with Crippen LogP contribution >= 0.6 is 0 Å². The minimum absolute atomic E-state index is 0.143. The van der Waals surface area contributed by atoms with Gasteiger partial charge in [0.1, 0.15) is 0 Å². The van der Waals surface area contributed by atoms with Crippen molar-refractivity contribution in [3.05, 3.63) is 29.8 Å². The van der Waals surface area contributed by atoms with Crippen molar-refractivity contribution < 1.29 is 5.11 Å². The van der Waals surface area contributed by atoms with Gasteiger partial charge in [0.15, 0.2) is 0 Å². The molecule has 0 atom stereocenters. The summed E-state index contributed by atoms with van der Waals surface area (Å²) in [6.07, 6.45) is 5.71. The van der Waals surface area contributed by atoms with Crippen molar-refractivity contribution in [1.82, 2.24) is 0 Å². The van der Waals surface area contributed by atoms with Crippen LogP contribution in [0.1, 0.15) is 31.2 Å². The number of aliphatic hydroxyl groups is 1. The summed E-state index contributed by atoms with van der Waals surface area (Å²) in [5, 5.41) is 8.99. The largest absolute Gasteiger partial charge is 0.392 e. The second-order valence-electron chi connectivity index (χ2n) is 5.39. The molecule has 0 radical (unpaired) electrons. The minimum atomic E-state index is 0.143. The van der Waals surface area contributed by atoms with Gasteiger partial charge >= 0.3 is 0 Å². The van der Waals surface area contributed by atoms with E-state index >= 15 is 0 Å². The summed E-state index contributed by atoms with van der Waals surface area (Å²) >= 11 is 0. The summed E-state index contributed by atoms with van der Waals surface area (Å²) in [5.74, 6) is 0. The molecule has 1 saturated carbocycles. The average Bonchev–Trinajstić information content (AvgIpc) is 2.76. The van der Waals surface area contributed by atoms with Crippen LogP contribution in [0.25, 0.3) is 0 Å². The normalized spacial score (nSPS) is 22.4. The van der Waals surface area contributed by atoms with E-state index in [2.05, 4.69) is 17.0 Å². The molecular formula is C14H19NO. The molecule has 2 nitrogen and oxygen atoms in total. The zero-order chi connectivity index (χ0) is 11.0. The highest BCUT2D eigenvalue weighted by molar-refractivity contribution is 5.51. The lowest BCUT2D eigenvalue weighted by Gasteiger charge is -2.49. The van der Waals surface area contributed by atoms with E-state index in [-0.39, 0.29) is 6.61 Å². The van der Waals surface area contributed by atoms with Crippen LogP contribution in [0.4, 0.5) is 5.69 Å². The third-order valence-electron chi connectivity index (χ3n) is 4.20. The summed E-state index contributed by atoms with van der Waals surface area (Å²) < 4.78 is 0. The van der Waals surface area contributed by atoms with Gasteiger partial charge in [-0.15, -0.1) is 0 Å². The summed E-state index contributed by atoms with van der Waals surface area (Å²) in [4.78, 5) is 2.46. The maximum Gasteiger partial charge on any atom is 0.0681 e. The molecule has 3 rings (SSSR count). The van der Waals surface area contributed by atoms with Crippen LogP contribution in [-0.4, -0.2) is 18.2 Å². The molecule has 0 unspecified atom stereocenters. The van der Waals surface area contributed by atoms with Gasteiger partial charge in [0.05, 0.1) is 6.61 Å². The first-order chi connectivity index (χ1) is 7.81. The van der Waals surface area contributed by atoms with Crippen LogP contribution in [0.3, 0.4) is 0 Å². The maximum atomic E-state index is 8.99. The van der Waals surface area contributed by atoms with Crippen molar-refractivity contribution in [2.75, 3.05) is 18.0 Å². The zero-order valence-electron chi connectivity index (χ0n) is 9.65. The number of hydrogen-bond donors (Lipinski definition) is 1. The molecule has 0 bridgehead atoms. The Balaban J connectivity index is 1.66. The molecule has 1 heterocycles. The van der Waals surface area contributed by atoms with E-state index < -0.39 is 0 Å². The monoisotopic (exact) mass is 217 g/mol. The number of benzene rings is 1. The molecule has 1 saturated heterocycles. The quantitative estimate of drug-likeness (QED) is 0.823. The molecule has 2 aliphatic rings. The second-order valence-corrected chi connectivity index (χ2v) is 5.39. The van der Waals surface area contributed by atoms with Gasteiger partial charge in [0.2, 0.25) is 0 Å². The van der Waals surface area contributed by atoms with Crippen LogP contribution in [-0.2, 0) is 6.61 Å². The minimum Gasteiger partial charge on any atom is -0.392 e. The van der Waals surface area contributed by atoms with E-state index in [1.165, 1.54) is 44.5 Å². The standard InChI is InChI=1S/C14H19NO/c16-9-12-3-5-13(6-4-12)15-10-14(11-15)7-1-2-8-14/h3-6,16H,1-2,7-11H2. The predicted octanol–water partition coefficient (Wildman–Crippen LogP) is 2.56. The molecule has 1 aliphatic heterocycles. The van der Waals surface area contributed by atoms with Gasteiger partial charge in [0, 0.05) is 24.2 Å². The Morgan fingerprint density at radius 3 is 2.25 bits per heavy atom. The number of anilines is 1. The topological polar surface area (TPSA) is 23.5 Å². The van der Waals surface area contributed by atoms with Crippen molar-refractivity contribution in [2.24, 2.45) is 5.41 Å². The third kappa shape index (κ3) is 1.61. The van der Waals surface area contributed by atoms with Crippen molar-refractivity contribution in [2.45, 2.75) is 32.3 Å². The fourth-order valence-corrected chi connectivity index (χ4v) is 3.20. The molecule has 1 aliphatic carbocycles. The van der Waals surface area contributed by atoms with Gasteiger partial charge in [-0.3, -0.25) is 0 Å². The van der Waals surface area contributed by atoms with Crippen LogP contribution in [0.15, 0.2) is 24.3 Å². The van der Waals surface area contributed by atoms with E-state index in [0.717, 1.165) is 5.56 Å². The number of rotatable bonds is 2. The summed E-state index contributed by atoms with van der Waals surface area (Å²) in [6.45, 7) is 2.63. The van der Waals surface area contributed by atoms with Gasteiger partial charge in [-0.2, -0.15) is 0 Å². The molecule has 86 valence electrons. The molecule has 0 aromatic heterocycles. The number of aliphatic hydroxyl groups excluding tert-OH is 1. The van der Waals surface area contributed by atoms with Crippen LogP contribution in [0, 0.1) is 5.41 Å². The zero-order valence-corrected chi connectivity index (χ0v) is 9.65. The van der Waals surface area contributed by atoms with Gasteiger partial charge in [-0.25, -0.2) is 0 Å². The van der Waals surface area contributed by atoms with Crippen molar-refractivity contribution >= 4 is 5.69 Å². The maximum absolute atomic E-state index is 8.99. The Hall–Kier alpha value is -1.02. The first kappa shape index (κ1) is 10.2. The Bertz CT molecular complexity index is 357. The molecule has 1 aromatic carbocycles. The Labute approximate surface area is 96.9 Å².